The molecule has 0 unspecified atom stereocenters. The summed E-state index contributed by atoms with van der Waals surface area (Å²) < 4.78 is 10.4. The van der Waals surface area contributed by atoms with Gasteiger partial charge in [-0.15, -0.1) is 0 Å². The van der Waals surface area contributed by atoms with Crippen molar-refractivity contribution in [1.82, 2.24) is 4.90 Å². The minimum absolute atomic E-state index is 0.0473. The molecule has 1 heterocycles. The molecule has 7 nitrogen and oxygen atoms in total. The third-order valence-corrected chi connectivity index (χ3v) is 7.73. The molecule has 0 aromatic heterocycles. The molecular formula is C37H36N2O5. The number of ether oxygens (including phenoxy) is 2. The molecule has 0 bridgehead atoms. The molecule has 224 valence electrons. The second kappa shape index (κ2) is 14.4. The number of hydrogen-bond acceptors (Lipinski definition) is 7. The van der Waals surface area contributed by atoms with E-state index in [9.17, 15) is 14.7 Å². The molecule has 44 heavy (non-hydrogen) atoms. The summed E-state index contributed by atoms with van der Waals surface area (Å²) in [5, 5.41) is 10.5. The molecule has 0 saturated carbocycles. The highest BCUT2D eigenvalue weighted by atomic mass is 16.5. The van der Waals surface area contributed by atoms with E-state index in [1.165, 1.54) is 0 Å². The smallest absolute Gasteiger partial charge is 0.185 e. The molecule has 0 amide bonds. The van der Waals surface area contributed by atoms with Gasteiger partial charge in [0.25, 0.3) is 0 Å². The van der Waals surface area contributed by atoms with Gasteiger partial charge in [-0.25, -0.2) is 0 Å². The number of piperazine rings is 1. The topological polar surface area (TPSA) is 79.3 Å². The van der Waals surface area contributed by atoms with E-state index >= 15 is 0 Å². The number of hydrogen-bond donors (Lipinski definition) is 1. The molecule has 0 aliphatic carbocycles. The Morgan fingerprint density at radius 2 is 1.18 bits per heavy atom. The number of rotatable bonds is 11. The zero-order valence-corrected chi connectivity index (χ0v) is 25.0. The van der Waals surface area contributed by atoms with Crippen LogP contribution in [0.25, 0.3) is 12.2 Å². The largest absolute Gasteiger partial charge is 0.508 e. The van der Waals surface area contributed by atoms with E-state index in [1.807, 2.05) is 72.8 Å². The fourth-order valence-corrected chi connectivity index (χ4v) is 5.07. The number of benzene rings is 4. The minimum atomic E-state index is -0.120. The predicted octanol–water partition coefficient (Wildman–Crippen LogP) is 6.52. The van der Waals surface area contributed by atoms with Gasteiger partial charge in [0.2, 0.25) is 0 Å². The quantitative estimate of drug-likeness (QED) is 0.158. The highest BCUT2D eigenvalue weighted by Gasteiger charge is 2.19. The van der Waals surface area contributed by atoms with Crippen LogP contribution >= 0.6 is 0 Å². The number of nitrogens with zero attached hydrogens (tertiary/aromatic N) is 2. The van der Waals surface area contributed by atoms with Gasteiger partial charge in [-0.2, -0.15) is 0 Å². The lowest BCUT2D eigenvalue weighted by molar-refractivity contribution is 0.103. The summed E-state index contributed by atoms with van der Waals surface area (Å²) in [5.74, 6) is 1.55. The molecule has 1 saturated heterocycles. The molecule has 1 aliphatic rings. The average Bonchev–Trinajstić information content (AvgIpc) is 3.08. The zero-order chi connectivity index (χ0) is 30.9. The maximum absolute atomic E-state index is 12.8. The Hall–Kier alpha value is -5.14. The van der Waals surface area contributed by atoms with Crippen molar-refractivity contribution in [2.24, 2.45) is 0 Å². The standard InChI is InChI=1S/C37H36N2O5/c1-43-33-14-3-27(4-15-33)7-18-35(40)29-9-12-32(13-10-29)39-23-21-38(22-24-39)26-31-25-30(11-20-37(31)42)36(41)19-8-28-5-16-34(44-2)17-6-28/h3-20,25,42H,21-24,26H2,1-2H3/b18-7+,19-8+. The molecule has 0 atom stereocenters. The summed E-state index contributed by atoms with van der Waals surface area (Å²) in [6.45, 7) is 3.79. The summed E-state index contributed by atoms with van der Waals surface area (Å²) in [7, 11) is 3.24. The van der Waals surface area contributed by atoms with Crippen molar-refractivity contribution in [3.05, 3.63) is 131 Å². The Morgan fingerprint density at radius 1 is 0.682 bits per heavy atom. The van der Waals surface area contributed by atoms with Crippen LogP contribution in [-0.2, 0) is 6.54 Å². The van der Waals surface area contributed by atoms with E-state index in [0.717, 1.165) is 60.1 Å². The van der Waals surface area contributed by atoms with Gasteiger partial charge >= 0.3 is 0 Å². The number of ketones is 2. The lowest BCUT2D eigenvalue weighted by Crippen LogP contribution is -2.46. The lowest BCUT2D eigenvalue weighted by atomic mass is 10.0. The van der Waals surface area contributed by atoms with Crippen molar-refractivity contribution in [1.29, 1.82) is 0 Å². The molecule has 1 fully saturated rings. The van der Waals surface area contributed by atoms with Crippen molar-refractivity contribution in [2.75, 3.05) is 45.3 Å². The Kier molecular flexibility index (Phi) is 9.89. The summed E-state index contributed by atoms with van der Waals surface area (Å²) >= 11 is 0. The van der Waals surface area contributed by atoms with Gasteiger partial charge in [0.05, 0.1) is 14.2 Å². The highest BCUT2D eigenvalue weighted by Crippen LogP contribution is 2.24. The Morgan fingerprint density at radius 3 is 1.70 bits per heavy atom. The Labute approximate surface area is 258 Å². The van der Waals surface area contributed by atoms with Gasteiger partial charge in [-0.3, -0.25) is 14.5 Å². The van der Waals surface area contributed by atoms with Crippen molar-refractivity contribution >= 4 is 29.4 Å². The first-order valence-electron chi connectivity index (χ1n) is 14.5. The number of phenolic OH excluding ortho intramolecular Hbond substituents is 1. The van der Waals surface area contributed by atoms with Gasteiger partial charge in [0.15, 0.2) is 11.6 Å². The third-order valence-electron chi connectivity index (χ3n) is 7.73. The molecule has 5 rings (SSSR count). The number of carbonyl (C=O) groups is 2. The van der Waals surface area contributed by atoms with Crippen LogP contribution in [-0.4, -0.2) is 62.0 Å². The number of phenols is 1. The normalized spacial score (nSPS) is 13.8. The van der Waals surface area contributed by atoms with Crippen molar-refractivity contribution < 1.29 is 24.2 Å². The molecule has 0 radical (unpaired) electrons. The van der Waals surface area contributed by atoms with Gasteiger partial charge in [0.1, 0.15) is 17.2 Å². The zero-order valence-electron chi connectivity index (χ0n) is 25.0. The monoisotopic (exact) mass is 588 g/mol. The molecule has 1 N–H and O–H groups in total. The first-order valence-corrected chi connectivity index (χ1v) is 14.5. The average molecular weight is 589 g/mol. The van der Waals surface area contributed by atoms with Crippen LogP contribution < -0.4 is 14.4 Å². The first-order chi connectivity index (χ1) is 21.4. The van der Waals surface area contributed by atoms with Crippen molar-refractivity contribution in [3.8, 4) is 17.2 Å². The predicted molar refractivity (Wildman–Crippen MR) is 175 cm³/mol. The van der Waals surface area contributed by atoms with Crippen LogP contribution in [0.15, 0.2) is 103 Å². The van der Waals surface area contributed by atoms with Gasteiger partial charge in [-0.05, 0) is 90.0 Å². The van der Waals surface area contributed by atoms with Crippen molar-refractivity contribution in [3.63, 3.8) is 0 Å². The van der Waals surface area contributed by atoms with Gasteiger partial charge in [-0.1, -0.05) is 36.4 Å². The molecule has 7 heteroatoms. The number of methoxy groups -OCH3 is 2. The van der Waals surface area contributed by atoms with Crippen LogP contribution in [0.3, 0.4) is 0 Å². The maximum Gasteiger partial charge on any atom is 0.185 e. The molecule has 4 aromatic rings. The van der Waals surface area contributed by atoms with E-state index in [1.54, 1.807) is 56.7 Å². The second-order valence-corrected chi connectivity index (χ2v) is 10.6. The summed E-state index contributed by atoms with van der Waals surface area (Å²) in [6, 6.07) is 27.8. The van der Waals surface area contributed by atoms with Crippen LogP contribution in [0.4, 0.5) is 5.69 Å². The highest BCUT2D eigenvalue weighted by molar-refractivity contribution is 6.07. The minimum Gasteiger partial charge on any atom is -0.508 e. The summed E-state index contributed by atoms with van der Waals surface area (Å²) in [6.07, 6.45) is 6.71. The number of aromatic hydroxyl groups is 1. The van der Waals surface area contributed by atoms with E-state index in [-0.39, 0.29) is 17.3 Å². The Balaban J connectivity index is 1.13. The molecular weight excluding hydrogens is 552 g/mol. The van der Waals surface area contributed by atoms with Crippen molar-refractivity contribution in [2.45, 2.75) is 6.54 Å². The lowest BCUT2D eigenvalue weighted by Gasteiger charge is -2.36. The fourth-order valence-electron chi connectivity index (χ4n) is 5.07. The molecule has 4 aromatic carbocycles. The molecule has 1 aliphatic heterocycles. The maximum atomic E-state index is 12.8. The third kappa shape index (κ3) is 7.82. The van der Waals surface area contributed by atoms with Crippen LogP contribution in [0.5, 0.6) is 17.2 Å². The number of carbonyl (C=O) groups excluding carboxylic acids is 2. The van der Waals surface area contributed by atoms with Crippen LogP contribution in [0, 0.1) is 0 Å². The fraction of sp³-hybridized carbons (Fsp3) is 0.189. The van der Waals surface area contributed by atoms with Gasteiger partial charge in [0, 0.05) is 55.1 Å². The van der Waals surface area contributed by atoms with E-state index in [0.29, 0.717) is 17.7 Å². The second-order valence-electron chi connectivity index (χ2n) is 10.6. The van der Waals surface area contributed by atoms with Gasteiger partial charge < -0.3 is 19.5 Å². The first kappa shape index (κ1) is 30.3. The molecule has 0 spiro atoms. The van der Waals surface area contributed by atoms with E-state index in [2.05, 4.69) is 9.80 Å². The van der Waals surface area contributed by atoms with Crippen LogP contribution in [0.1, 0.15) is 37.4 Å². The SMILES string of the molecule is COc1ccc(/C=C/C(=O)c2ccc(N3CCN(Cc4cc(C(=O)/C=C/c5ccc(OC)cc5)ccc4O)CC3)cc2)cc1. The Bertz CT molecular complexity index is 1630. The number of allylic oxidation sites excluding steroid dienone is 2. The summed E-state index contributed by atoms with van der Waals surface area (Å²) in [4.78, 5) is 30.1. The summed E-state index contributed by atoms with van der Waals surface area (Å²) in [5.41, 5.74) is 4.81. The van der Waals surface area contributed by atoms with E-state index in [4.69, 9.17) is 9.47 Å². The van der Waals surface area contributed by atoms with Crippen LogP contribution in [0.2, 0.25) is 0 Å². The van der Waals surface area contributed by atoms with E-state index < -0.39 is 0 Å². The number of anilines is 1.